The number of rotatable bonds is 2. The number of alkyl halides is 2. The zero-order valence-electron chi connectivity index (χ0n) is 5.80. The van der Waals surface area contributed by atoms with Crippen LogP contribution in [0.25, 0.3) is 0 Å². The molecule has 0 atom stereocenters. The molecule has 0 radical (unpaired) electrons. The zero-order chi connectivity index (χ0) is 9.14. The van der Waals surface area contributed by atoms with E-state index in [1.165, 1.54) is 0 Å². The maximum Gasteiger partial charge on any atom is 0.266 e. The molecular formula is C7H4F3NO. The van der Waals surface area contributed by atoms with Gasteiger partial charge in [0, 0.05) is 5.56 Å². The molecule has 0 saturated heterocycles. The van der Waals surface area contributed by atoms with E-state index in [1.54, 1.807) is 0 Å². The van der Waals surface area contributed by atoms with Crippen molar-refractivity contribution in [1.29, 1.82) is 0 Å². The van der Waals surface area contributed by atoms with Crippen LogP contribution < -0.4 is 0 Å². The predicted molar refractivity (Wildman–Crippen MR) is 34.5 cm³/mol. The SMILES string of the molecule is O=Cc1nc(F)ccc1C(F)F. The van der Waals surface area contributed by atoms with Crippen LogP contribution in [0.4, 0.5) is 13.2 Å². The van der Waals surface area contributed by atoms with Crippen LogP contribution >= 0.6 is 0 Å². The molecule has 1 rings (SSSR count). The van der Waals surface area contributed by atoms with Gasteiger partial charge in [0.05, 0.1) is 0 Å². The van der Waals surface area contributed by atoms with E-state index >= 15 is 0 Å². The van der Waals surface area contributed by atoms with Crippen LogP contribution in [0.3, 0.4) is 0 Å². The van der Waals surface area contributed by atoms with Crippen LogP contribution in [0.15, 0.2) is 12.1 Å². The summed E-state index contributed by atoms with van der Waals surface area (Å²) in [5.74, 6) is -0.943. The molecule has 0 unspecified atom stereocenters. The van der Waals surface area contributed by atoms with Gasteiger partial charge in [-0.1, -0.05) is 0 Å². The van der Waals surface area contributed by atoms with Crippen LogP contribution in [0, 0.1) is 5.95 Å². The molecule has 0 fully saturated rings. The fourth-order valence-corrected chi connectivity index (χ4v) is 0.740. The van der Waals surface area contributed by atoms with Crippen molar-refractivity contribution in [3.05, 3.63) is 29.3 Å². The molecule has 0 aliphatic heterocycles. The summed E-state index contributed by atoms with van der Waals surface area (Å²) in [4.78, 5) is 13.1. The average molecular weight is 175 g/mol. The Labute approximate surface area is 66.0 Å². The van der Waals surface area contributed by atoms with E-state index in [-0.39, 0.29) is 6.29 Å². The molecule has 0 saturated carbocycles. The van der Waals surface area contributed by atoms with Gasteiger partial charge in [-0.3, -0.25) is 4.79 Å². The van der Waals surface area contributed by atoms with Crippen LogP contribution in [0.1, 0.15) is 22.5 Å². The summed E-state index contributed by atoms with van der Waals surface area (Å²) in [7, 11) is 0. The lowest BCUT2D eigenvalue weighted by atomic mass is 10.2. The standard InChI is InChI=1S/C7H4F3NO/c8-6-2-1-4(7(9)10)5(3-12)11-6/h1-3,7H. The van der Waals surface area contributed by atoms with Gasteiger partial charge in [-0.05, 0) is 12.1 Å². The first-order valence-corrected chi connectivity index (χ1v) is 3.05. The molecule has 5 heteroatoms. The van der Waals surface area contributed by atoms with E-state index in [2.05, 4.69) is 4.98 Å². The molecule has 0 bridgehead atoms. The summed E-state index contributed by atoms with van der Waals surface area (Å²) in [5, 5.41) is 0. The molecule has 0 spiro atoms. The Hall–Kier alpha value is -1.39. The number of pyridine rings is 1. The third-order valence-corrected chi connectivity index (χ3v) is 1.27. The largest absolute Gasteiger partial charge is 0.296 e. The van der Waals surface area contributed by atoms with E-state index in [0.717, 1.165) is 12.1 Å². The Morgan fingerprint density at radius 2 is 2.08 bits per heavy atom. The molecule has 0 aromatic carbocycles. The lowest BCUT2D eigenvalue weighted by Crippen LogP contribution is -1.98. The van der Waals surface area contributed by atoms with Crippen LogP contribution in [0.2, 0.25) is 0 Å². The normalized spacial score (nSPS) is 10.3. The lowest BCUT2D eigenvalue weighted by molar-refractivity contribution is 0.110. The molecule has 1 aromatic rings. The van der Waals surface area contributed by atoms with Crippen LogP contribution in [-0.2, 0) is 0 Å². The average Bonchev–Trinajstić information content (AvgIpc) is 2.03. The molecule has 0 aliphatic carbocycles. The molecule has 64 valence electrons. The summed E-state index contributed by atoms with van der Waals surface area (Å²) in [5.41, 5.74) is -1.10. The van der Waals surface area contributed by atoms with Crippen molar-refractivity contribution in [1.82, 2.24) is 4.98 Å². The quantitative estimate of drug-likeness (QED) is 0.508. The minimum absolute atomic E-state index is 0.102. The van der Waals surface area contributed by atoms with Crippen molar-refractivity contribution in [2.75, 3.05) is 0 Å². The highest BCUT2D eigenvalue weighted by Crippen LogP contribution is 2.20. The highest BCUT2D eigenvalue weighted by molar-refractivity contribution is 5.74. The minimum Gasteiger partial charge on any atom is -0.296 e. The number of hydrogen-bond acceptors (Lipinski definition) is 2. The Kier molecular flexibility index (Phi) is 2.42. The Balaban J connectivity index is 3.20. The predicted octanol–water partition coefficient (Wildman–Crippen LogP) is 1.97. The number of aldehydes is 1. The second-order valence-corrected chi connectivity index (χ2v) is 2.03. The van der Waals surface area contributed by atoms with E-state index in [9.17, 15) is 18.0 Å². The summed E-state index contributed by atoms with van der Waals surface area (Å²) in [6.45, 7) is 0. The second-order valence-electron chi connectivity index (χ2n) is 2.03. The van der Waals surface area contributed by atoms with E-state index in [4.69, 9.17) is 0 Å². The summed E-state index contributed by atoms with van der Waals surface area (Å²) in [6.07, 6.45) is -2.71. The maximum absolute atomic E-state index is 12.3. The fraction of sp³-hybridized carbons (Fsp3) is 0.143. The van der Waals surface area contributed by atoms with Gasteiger partial charge < -0.3 is 0 Å². The Morgan fingerprint density at radius 1 is 1.42 bits per heavy atom. The van der Waals surface area contributed by atoms with Gasteiger partial charge in [0.1, 0.15) is 5.69 Å². The molecule has 1 heterocycles. The van der Waals surface area contributed by atoms with Crippen molar-refractivity contribution >= 4 is 6.29 Å². The molecule has 1 aromatic heterocycles. The van der Waals surface area contributed by atoms with Crippen molar-refractivity contribution in [3.8, 4) is 0 Å². The summed E-state index contributed by atoms with van der Waals surface area (Å²) >= 11 is 0. The van der Waals surface area contributed by atoms with Gasteiger partial charge in [0.2, 0.25) is 5.95 Å². The number of carbonyl (C=O) groups excluding carboxylic acids is 1. The highest BCUT2D eigenvalue weighted by atomic mass is 19.3. The molecule has 0 aliphatic rings. The lowest BCUT2D eigenvalue weighted by Gasteiger charge is -2.00. The Bertz CT molecular complexity index is 301. The van der Waals surface area contributed by atoms with Gasteiger partial charge in [0.25, 0.3) is 6.43 Å². The highest BCUT2D eigenvalue weighted by Gasteiger charge is 2.13. The van der Waals surface area contributed by atoms with E-state index in [1.807, 2.05) is 0 Å². The number of hydrogen-bond donors (Lipinski definition) is 0. The molecule has 0 N–H and O–H groups in total. The fourth-order valence-electron chi connectivity index (χ4n) is 0.740. The third kappa shape index (κ3) is 1.61. The summed E-state index contributed by atoms with van der Waals surface area (Å²) < 4.78 is 36.3. The first-order chi connectivity index (χ1) is 5.65. The van der Waals surface area contributed by atoms with Gasteiger partial charge in [-0.15, -0.1) is 0 Å². The molecular weight excluding hydrogens is 171 g/mol. The second kappa shape index (κ2) is 3.34. The number of carbonyl (C=O) groups is 1. The molecule has 12 heavy (non-hydrogen) atoms. The monoisotopic (exact) mass is 175 g/mol. The minimum atomic E-state index is -2.81. The van der Waals surface area contributed by atoms with E-state index in [0.29, 0.717) is 0 Å². The number of nitrogens with zero attached hydrogens (tertiary/aromatic N) is 1. The summed E-state index contributed by atoms with van der Waals surface area (Å²) in [6, 6.07) is 1.63. The first kappa shape index (κ1) is 8.70. The van der Waals surface area contributed by atoms with Gasteiger partial charge in [0.15, 0.2) is 6.29 Å². The van der Waals surface area contributed by atoms with E-state index < -0.39 is 23.6 Å². The van der Waals surface area contributed by atoms with Crippen molar-refractivity contribution < 1.29 is 18.0 Å². The number of halogens is 3. The molecule has 0 amide bonds. The zero-order valence-corrected chi connectivity index (χ0v) is 5.80. The van der Waals surface area contributed by atoms with Crippen molar-refractivity contribution in [2.45, 2.75) is 6.43 Å². The first-order valence-electron chi connectivity index (χ1n) is 3.05. The maximum atomic E-state index is 12.3. The van der Waals surface area contributed by atoms with Crippen LogP contribution in [0.5, 0.6) is 0 Å². The Morgan fingerprint density at radius 3 is 2.58 bits per heavy atom. The van der Waals surface area contributed by atoms with Crippen molar-refractivity contribution in [3.63, 3.8) is 0 Å². The topological polar surface area (TPSA) is 30.0 Å². The molecule has 2 nitrogen and oxygen atoms in total. The van der Waals surface area contributed by atoms with Gasteiger partial charge in [-0.25, -0.2) is 13.8 Å². The third-order valence-electron chi connectivity index (χ3n) is 1.27. The smallest absolute Gasteiger partial charge is 0.266 e. The number of aromatic nitrogens is 1. The van der Waals surface area contributed by atoms with Crippen molar-refractivity contribution in [2.24, 2.45) is 0 Å². The van der Waals surface area contributed by atoms with Crippen LogP contribution in [-0.4, -0.2) is 11.3 Å². The van der Waals surface area contributed by atoms with Gasteiger partial charge >= 0.3 is 0 Å². The van der Waals surface area contributed by atoms with Gasteiger partial charge in [-0.2, -0.15) is 4.39 Å².